The van der Waals surface area contributed by atoms with Gasteiger partial charge in [0.05, 0.1) is 25.7 Å². The Balaban J connectivity index is 2.25. The number of hydrogen-bond donors (Lipinski definition) is 1. The first-order chi connectivity index (χ1) is 10.5. The standard InChI is InChI=1S/C16H21NO5/c1-10(16(19)20)9-17(11-4-5-11)15(18)13-7-6-12(21-2)8-14(13)22-3/h6-8,10-11H,4-5,9H2,1-3H3,(H,19,20). The van der Waals surface area contributed by atoms with Crippen molar-refractivity contribution in [3.05, 3.63) is 23.8 Å². The van der Waals surface area contributed by atoms with Gasteiger partial charge >= 0.3 is 5.97 Å². The zero-order valence-electron chi connectivity index (χ0n) is 13.0. The second kappa shape index (κ2) is 6.68. The molecule has 0 bridgehead atoms. The second-order valence-corrected chi connectivity index (χ2v) is 5.49. The van der Waals surface area contributed by atoms with Gasteiger partial charge in [-0.2, -0.15) is 0 Å². The van der Waals surface area contributed by atoms with Gasteiger partial charge in [0.25, 0.3) is 5.91 Å². The Morgan fingerprint density at radius 3 is 2.50 bits per heavy atom. The van der Waals surface area contributed by atoms with Crippen molar-refractivity contribution < 1.29 is 24.2 Å². The molecular weight excluding hydrogens is 286 g/mol. The molecule has 6 heteroatoms. The average Bonchev–Trinajstić information content (AvgIpc) is 3.35. The van der Waals surface area contributed by atoms with Crippen molar-refractivity contribution in [1.29, 1.82) is 0 Å². The lowest BCUT2D eigenvalue weighted by Gasteiger charge is -2.25. The van der Waals surface area contributed by atoms with Gasteiger partial charge in [-0.1, -0.05) is 6.92 Å². The number of ether oxygens (including phenoxy) is 2. The van der Waals surface area contributed by atoms with E-state index in [-0.39, 0.29) is 18.5 Å². The first-order valence-corrected chi connectivity index (χ1v) is 7.23. The SMILES string of the molecule is COc1ccc(C(=O)N(CC(C)C(=O)O)C2CC2)c(OC)c1. The predicted octanol–water partition coefficient (Wildman–Crippen LogP) is 2.03. The summed E-state index contributed by atoms with van der Waals surface area (Å²) in [5.41, 5.74) is 0.424. The van der Waals surface area contributed by atoms with Crippen LogP contribution >= 0.6 is 0 Å². The van der Waals surface area contributed by atoms with Gasteiger partial charge in [-0.25, -0.2) is 0 Å². The van der Waals surface area contributed by atoms with E-state index in [4.69, 9.17) is 14.6 Å². The molecule has 1 aromatic carbocycles. The Hall–Kier alpha value is -2.24. The van der Waals surface area contributed by atoms with E-state index >= 15 is 0 Å². The van der Waals surface area contributed by atoms with Crippen LogP contribution in [0.4, 0.5) is 0 Å². The Kier molecular flexibility index (Phi) is 4.90. The van der Waals surface area contributed by atoms with Crippen LogP contribution in [0.2, 0.25) is 0 Å². The fourth-order valence-electron chi connectivity index (χ4n) is 2.29. The summed E-state index contributed by atoms with van der Waals surface area (Å²) in [6.45, 7) is 1.81. The number of methoxy groups -OCH3 is 2. The summed E-state index contributed by atoms with van der Waals surface area (Å²) in [6, 6.07) is 5.13. The highest BCUT2D eigenvalue weighted by Gasteiger charge is 2.35. The summed E-state index contributed by atoms with van der Waals surface area (Å²) in [4.78, 5) is 25.5. The molecular formula is C16H21NO5. The van der Waals surface area contributed by atoms with Crippen molar-refractivity contribution in [2.24, 2.45) is 5.92 Å². The number of carbonyl (C=O) groups excluding carboxylic acids is 1. The number of carboxylic acid groups (broad SMARTS) is 1. The molecule has 22 heavy (non-hydrogen) atoms. The summed E-state index contributed by atoms with van der Waals surface area (Å²) in [6.07, 6.45) is 1.83. The molecule has 1 atom stereocenters. The molecule has 1 saturated carbocycles. The van der Waals surface area contributed by atoms with Crippen LogP contribution in [0, 0.1) is 5.92 Å². The highest BCUT2D eigenvalue weighted by molar-refractivity contribution is 5.97. The number of nitrogens with zero attached hydrogens (tertiary/aromatic N) is 1. The molecule has 0 spiro atoms. The van der Waals surface area contributed by atoms with Gasteiger partial charge in [-0.05, 0) is 25.0 Å². The fraction of sp³-hybridized carbons (Fsp3) is 0.500. The van der Waals surface area contributed by atoms with Crippen LogP contribution in [0.25, 0.3) is 0 Å². The minimum atomic E-state index is -0.903. The van der Waals surface area contributed by atoms with Crippen LogP contribution < -0.4 is 9.47 Å². The number of carbonyl (C=O) groups is 2. The lowest BCUT2D eigenvalue weighted by Crippen LogP contribution is -2.38. The first-order valence-electron chi connectivity index (χ1n) is 7.23. The van der Waals surface area contributed by atoms with Gasteiger partial charge in [0, 0.05) is 18.7 Å². The van der Waals surface area contributed by atoms with Crippen molar-refractivity contribution >= 4 is 11.9 Å². The van der Waals surface area contributed by atoms with Crippen LogP contribution in [0.15, 0.2) is 18.2 Å². The smallest absolute Gasteiger partial charge is 0.308 e. The lowest BCUT2D eigenvalue weighted by atomic mass is 10.1. The second-order valence-electron chi connectivity index (χ2n) is 5.49. The molecule has 1 amide bonds. The number of benzene rings is 1. The normalized spacial score (nSPS) is 15.0. The third kappa shape index (κ3) is 3.50. The van der Waals surface area contributed by atoms with Gasteiger partial charge in [0.1, 0.15) is 11.5 Å². The Morgan fingerprint density at radius 1 is 1.32 bits per heavy atom. The molecule has 0 saturated heterocycles. The van der Waals surface area contributed by atoms with E-state index in [2.05, 4.69) is 0 Å². The molecule has 0 aromatic heterocycles. The van der Waals surface area contributed by atoms with E-state index in [1.54, 1.807) is 37.1 Å². The van der Waals surface area contributed by atoms with E-state index < -0.39 is 11.9 Å². The van der Waals surface area contributed by atoms with Gasteiger partial charge in [0.15, 0.2) is 0 Å². The van der Waals surface area contributed by atoms with Gasteiger partial charge in [-0.15, -0.1) is 0 Å². The Morgan fingerprint density at radius 2 is 2.00 bits per heavy atom. The molecule has 1 unspecified atom stereocenters. The van der Waals surface area contributed by atoms with Gasteiger partial charge in [0.2, 0.25) is 0 Å². The van der Waals surface area contributed by atoms with E-state index in [9.17, 15) is 9.59 Å². The van der Waals surface area contributed by atoms with Gasteiger partial charge in [-0.3, -0.25) is 9.59 Å². The third-order valence-corrected chi connectivity index (χ3v) is 3.78. The number of hydrogen-bond acceptors (Lipinski definition) is 4. The van der Waals surface area contributed by atoms with Crippen LogP contribution in [0.5, 0.6) is 11.5 Å². The molecule has 1 fully saturated rings. The molecule has 1 aliphatic rings. The molecule has 120 valence electrons. The minimum absolute atomic E-state index is 0.126. The predicted molar refractivity (Wildman–Crippen MR) is 80.4 cm³/mol. The monoisotopic (exact) mass is 307 g/mol. The molecule has 0 aliphatic heterocycles. The van der Waals surface area contributed by atoms with E-state index in [1.165, 1.54) is 7.11 Å². The zero-order valence-corrected chi connectivity index (χ0v) is 13.0. The van der Waals surface area contributed by atoms with Gasteiger partial charge < -0.3 is 19.5 Å². The molecule has 0 radical (unpaired) electrons. The van der Waals surface area contributed by atoms with Crippen LogP contribution in [0.3, 0.4) is 0 Å². The number of aliphatic carboxylic acids is 1. The highest BCUT2D eigenvalue weighted by atomic mass is 16.5. The van der Waals surface area contributed by atoms with Crippen molar-refractivity contribution in [2.45, 2.75) is 25.8 Å². The summed E-state index contributed by atoms with van der Waals surface area (Å²) in [5.74, 6) is -0.674. The minimum Gasteiger partial charge on any atom is -0.497 e. The topological polar surface area (TPSA) is 76.1 Å². The summed E-state index contributed by atoms with van der Waals surface area (Å²) in [7, 11) is 3.04. The van der Waals surface area contributed by atoms with Crippen molar-refractivity contribution in [3.8, 4) is 11.5 Å². The van der Waals surface area contributed by atoms with Crippen molar-refractivity contribution in [2.75, 3.05) is 20.8 Å². The summed E-state index contributed by atoms with van der Waals surface area (Å²) in [5, 5.41) is 9.08. The highest BCUT2D eigenvalue weighted by Crippen LogP contribution is 2.32. The first kappa shape index (κ1) is 16.1. The third-order valence-electron chi connectivity index (χ3n) is 3.78. The lowest BCUT2D eigenvalue weighted by molar-refractivity contribution is -0.141. The fourth-order valence-corrected chi connectivity index (χ4v) is 2.29. The Bertz CT molecular complexity index is 568. The maximum absolute atomic E-state index is 12.8. The van der Waals surface area contributed by atoms with Crippen LogP contribution in [0.1, 0.15) is 30.1 Å². The maximum atomic E-state index is 12.8. The number of amides is 1. The molecule has 1 N–H and O–H groups in total. The molecule has 6 nitrogen and oxygen atoms in total. The van der Waals surface area contributed by atoms with Crippen LogP contribution in [-0.2, 0) is 4.79 Å². The van der Waals surface area contributed by atoms with Crippen molar-refractivity contribution in [3.63, 3.8) is 0 Å². The zero-order chi connectivity index (χ0) is 16.3. The largest absolute Gasteiger partial charge is 0.497 e. The number of rotatable bonds is 7. The molecule has 2 rings (SSSR count). The Labute approximate surface area is 129 Å². The van der Waals surface area contributed by atoms with E-state index in [0.717, 1.165) is 12.8 Å². The van der Waals surface area contributed by atoms with E-state index in [0.29, 0.717) is 17.1 Å². The maximum Gasteiger partial charge on any atom is 0.308 e. The summed E-state index contributed by atoms with van der Waals surface area (Å²) >= 11 is 0. The molecule has 0 heterocycles. The molecule has 1 aliphatic carbocycles. The quantitative estimate of drug-likeness (QED) is 0.834. The van der Waals surface area contributed by atoms with Crippen LogP contribution in [-0.4, -0.2) is 48.7 Å². The summed E-state index contributed by atoms with van der Waals surface area (Å²) < 4.78 is 10.4. The number of carboxylic acids is 1. The molecule has 1 aromatic rings. The van der Waals surface area contributed by atoms with E-state index in [1.807, 2.05) is 0 Å². The van der Waals surface area contributed by atoms with Crippen molar-refractivity contribution in [1.82, 2.24) is 4.90 Å². The average molecular weight is 307 g/mol.